The summed E-state index contributed by atoms with van der Waals surface area (Å²) in [6.45, 7) is 1.14. The Balaban J connectivity index is 1.56. The third-order valence-electron chi connectivity index (χ3n) is 4.85. The van der Waals surface area contributed by atoms with Crippen LogP contribution in [0.15, 0.2) is 52.3 Å². The lowest BCUT2D eigenvalue weighted by Crippen LogP contribution is -2.35. The summed E-state index contributed by atoms with van der Waals surface area (Å²) in [5.74, 6) is 0.625. The van der Waals surface area contributed by atoms with Gasteiger partial charge in [0, 0.05) is 24.7 Å². The minimum absolute atomic E-state index is 0.00578. The lowest BCUT2D eigenvalue weighted by atomic mass is 10.2. The molecule has 1 aliphatic heterocycles. The molecule has 0 radical (unpaired) electrons. The molecule has 0 saturated carbocycles. The number of ether oxygens (including phenoxy) is 2. The van der Waals surface area contributed by atoms with Gasteiger partial charge in [-0.1, -0.05) is 18.0 Å². The van der Waals surface area contributed by atoms with Crippen molar-refractivity contribution in [2.24, 2.45) is 0 Å². The van der Waals surface area contributed by atoms with Crippen molar-refractivity contribution in [1.29, 1.82) is 0 Å². The molecule has 1 fully saturated rings. The highest BCUT2D eigenvalue weighted by molar-refractivity contribution is 7.89. The summed E-state index contributed by atoms with van der Waals surface area (Å²) < 4.78 is 64.9. The van der Waals surface area contributed by atoms with Gasteiger partial charge < -0.3 is 9.47 Å². The van der Waals surface area contributed by atoms with Crippen molar-refractivity contribution in [2.75, 3.05) is 33.4 Å². The van der Waals surface area contributed by atoms with Crippen LogP contribution in [0.2, 0.25) is 5.02 Å². The number of halogens is 1. The van der Waals surface area contributed by atoms with Gasteiger partial charge in [-0.3, -0.25) is 0 Å². The minimum atomic E-state index is -3.84. The number of methoxy groups -OCH3 is 1. The lowest BCUT2D eigenvalue weighted by molar-refractivity contribution is 0.322. The molecule has 170 valence electrons. The molecule has 1 aliphatic rings. The van der Waals surface area contributed by atoms with E-state index in [2.05, 4.69) is 4.72 Å². The van der Waals surface area contributed by atoms with E-state index in [1.807, 2.05) is 0 Å². The van der Waals surface area contributed by atoms with Gasteiger partial charge in [-0.05, 0) is 55.3 Å². The Bertz CT molecular complexity index is 1100. The van der Waals surface area contributed by atoms with Gasteiger partial charge in [0.05, 0.1) is 12.0 Å². The first-order chi connectivity index (χ1) is 14.7. The Hall–Kier alpha value is -1.85. The molecule has 1 saturated heterocycles. The number of rotatable bonds is 9. The van der Waals surface area contributed by atoms with Gasteiger partial charge in [0.15, 0.2) is 0 Å². The number of piperidine rings is 1. The maximum absolute atomic E-state index is 12.7. The topological polar surface area (TPSA) is 102 Å². The van der Waals surface area contributed by atoms with Crippen LogP contribution >= 0.6 is 11.6 Å². The second-order valence-corrected chi connectivity index (χ2v) is 11.1. The summed E-state index contributed by atoms with van der Waals surface area (Å²) in [6, 6.07) is 10.5. The van der Waals surface area contributed by atoms with E-state index in [9.17, 15) is 16.8 Å². The first kappa shape index (κ1) is 23.8. The average molecular weight is 489 g/mol. The lowest BCUT2D eigenvalue weighted by Gasteiger charge is -2.25. The van der Waals surface area contributed by atoms with E-state index >= 15 is 0 Å². The van der Waals surface area contributed by atoms with Crippen LogP contribution in [-0.4, -0.2) is 54.5 Å². The number of nitrogens with one attached hydrogen (secondary N) is 1. The van der Waals surface area contributed by atoms with Crippen LogP contribution in [0.1, 0.15) is 19.3 Å². The van der Waals surface area contributed by atoms with E-state index in [-0.39, 0.29) is 33.7 Å². The Labute approximate surface area is 188 Å². The van der Waals surface area contributed by atoms with Crippen molar-refractivity contribution in [3.63, 3.8) is 0 Å². The predicted octanol–water partition coefficient (Wildman–Crippen LogP) is 2.88. The van der Waals surface area contributed by atoms with Gasteiger partial charge in [0.2, 0.25) is 20.0 Å². The summed E-state index contributed by atoms with van der Waals surface area (Å²) in [6.07, 6.45) is 2.79. The van der Waals surface area contributed by atoms with Crippen LogP contribution in [0, 0.1) is 0 Å². The largest absolute Gasteiger partial charge is 0.495 e. The number of hydrogen-bond donors (Lipinski definition) is 1. The highest BCUT2D eigenvalue weighted by Gasteiger charge is 2.25. The highest BCUT2D eigenvalue weighted by Crippen LogP contribution is 2.27. The van der Waals surface area contributed by atoms with Crippen molar-refractivity contribution >= 4 is 31.6 Å². The zero-order valence-electron chi connectivity index (χ0n) is 17.1. The molecule has 2 aromatic carbocycles. The van der Waals surface area contributed by atoms with Crippen LogP contribution in [-0.2, 0) is 20.0 Å². The number of sulfonamides is 2. The summed E-state index contributed by atoms with van der Waals surface area (Å²) in [7, 11) is -5.97. The van der Waals surface area contributed by atoms with E-state index < -0.39 is 20.0 Å². The van der Waals surface area contributed by atoms with Crippen LogP contribution < -0.4 is 14.2 Å². The van der Waals surface area contributed by atoms with E-state index in [0.29, 0.717) is 18.8 Å². The van der Waals surface area contributed by atoms with E-state index in [1.54, 1.807) is 12.1 Å². The average Bonchev–Trinajstić information content (AvgIpc) is 2.77. The number of hydrogen-bond acceptors (Lipinski definition) is 6. The molecule has 0 unspecified atom stereocenters. The van der Waals surface area contributed by atoms with E-state index in [4.69, 9.17) is 21.1 Å². The molecule has 0 bridgehead atoms. The van der Waals surface area contributed by atoms with Crippen molar-refractivity contribution in [3.05, 3.63) is 47.5 Å². The minimum Gasteiger partial charge on any atom is -0.495 e. The maximum Gasteiger partial charge on any atom is 0.244 e. The molecule has 8 nitrogen and oxygen atoms in total. The Kier molecular flexibility index (Phi) is 7.82. The molecule has 1 N–H and O–H groups in total. The normalized spacial score (nSPS) is 15.5. The third kappa shape index (κ3) is 5.89. The summed E-state index contributed by atoms with van der Waals surface area (Å²) >= 11 is 5.90. The smallest absolute Gasteiger partial charge is 0.244 e. The quantitative estimate of drug-likeness (QED) is 0.544. The molecule has 3 rings (SSSR count). The van der Waals surface area contributed by atoms with E-state index in [0.717, 1.165) is 19.3 Å². The van der Waals surface area contributed by atoms with Crippen LogP contribution in [0.3, 0.4) is 0 Å². The molecular weight excluding hydrogens is 464 g/mol. The van der Waals surface area contributed by atoms with Crippen LogP contribution in [0.4, 0.5) is 0 Å². The second kappa shape index (κ2) is 10.2. The summed E-state index contributed by atoms with van der Waals surface area (Å²) in [4.78, 5) is 0.158. The number of nitrogens with zero attached hydrogens (tertiary/aromatic N) is 1. The Morgan fingerprint density at radius 2 is 1.68 bits per heavy atom. The maximum atomic E-state index is 12.7. The summed E-state index contributed by atoms with van der Waals surface area (Å²) in [5.41, 5.74) is 0. The van der Waals surface area contributed by atoms with E-state index in [1.165, 1.54) is 41.7 Å². The summed E-state index contributed by atoms with van der Waals surface area (Å²) in [5, 5.41) is 0.275. The Morgan fingerprint density at radius 1 is 1.00 bits per heavy atom. The molecule has 0 spiro atoms. The highest BCUT2D eigenvalue weighted by atomic mass is 35.5. The van der Waals surface area contributed by atoms with Gasteiger partial charge in [-0.2, -0.15) is 4.31 Å². The molecule has 31 heavy (non-hydrogen) atoms. The molecule has 11 heteroatoms. The second-order valence-electron chi connectivity index (χ2n) is 6.98. The molecule has 0 aliphatic carbocycles. The monoisotopic (exact) mass is 488 g/mol. The van der Waals surface area contributed by atoms with Gasteiger partial charge in [0.1, 0.15) is 23.0 Å². The Morgan fingerprint density at radius 3 is 2.32 bits per heavy atom. The third-order valence-corrected chi connectivity index (χ3v) is 8.48. The van der Waals surface area contributed by atoms with Gasteiger partial charge in [0.25, 0.3) is 0 Å². The predicted molar refractivity (Wildman–Crippen MR) is 118 cm³/mol. The zero-order chi connectivity index (χ0) is 22.5. The molecular formula is C20H25ClN2O6S2. The molecule has 1 heterocycles. The zero-order valence-corrected chi connectivity index (χ0v) is 19.5. The molecule has 0 aromatic heterocycles. The molecule has 0 amide bonds. The van der Waals surface area contributed by atoms with Crippen molar-refractivity contribution in [1.82, 2.24) is 9.03 Å². The standard InChI is InChI=1S/C20H25ClN2O6S2/c1-28-19-10-5-16(21)15-20(19)30(24,25)22-11-14-29-17-6-8-18(9-7-17)31(26,27)23-12-3-2-4-13-23/h5-10,15,22H,2-4,11-14H2,1H3. The molecule has 0 atom stereocenters. The van der Waals surface area contributed by atoms with Crippen molar-refractivity contribution in [3.8, 4) is 11.5 Å². The van der Waals surface area contributed by atoms with Gasteiger partial charge in [-0.15, -0.1) is 0 Å². The van der Waals surface area contributed by atoms with Gasteiger partial charge in [-0.25, -0.2) is 21.6 Å². The molecule has 2 aromatic rings. The SMILES string of the molecule is COc1ccc(Cl)cc1S(=O)(=O)NCCOc1ccc(S(=O)(=O)N2CCCCC2)cc1. The fraction of sp³-hybridized carbons (Fsp3) is 0.400. The van der Waals surface area contributed by atoms with Gasteiger partial charge >= 0.3 is 0 Å². The van der Waals surface area contributed by atoms with Crippen molar-refractivity contribution in [2.45, 2.75) is 29.1 Å². The first-order valence-electron chi connectivity index (χ1n) is 9.80. The van der Waals surface area contributed by atoms with Crippen LogP contribution in [0.25, 0.3) is 0 Å². The fourth-order valence-electron chi connectivity index (χ4n) is 3.25. The van der Waals surface area contributed by atoms with Crippen molar-refractivity contribution < 1.29 is 26.3 Å². The number of benzene rings is 2. The fourth-order valence-corrected chi connectivity index (χ4v) is 6.21. The van der Waals surface area contributed by atoms with Crippen LogP contribution in [0.5, 0.6) is 11.5 Å². The first-order valence-corrected chi connectivity index (χ1v) is 13.1.